The number of nitrogens with one attached hydrogen (secondary N) is 1. The second kappa shape index (κ2) is 6.55. The molecule has 6 heteroatoms. The predicted molar refractivity (Wildman–Crippen MR) is 67.1 cm³/mol. The summed E-state index contributed by atoms with van der Waals surface area (Å²) in [6.45, 7) is 1.55. The molecule has 0 radical (unpaired) electrons. The van der Waals surface area contributed by atoms with Crippen LogP contribution in [0.2, 0.25) is 0 Å². The van der Waals surface area contributed by atoms with Gasteiger partial charge in [-0.25, -0.2) is 4.79 Å². The maximum absolute atomic E-state index is 11.0. The number of hydrogen-bond donors (Lipinski definition) is 2. The van der Waals surface area contributed by atoms with Crippen molar-refractivity contribution in [2.45, 2.75) is 6.54 Å². The minimum atomic E-state index is -0.994. The van der Waals surface area contributed by atoms with Crippen molar-refractivity contribution in [1.82, 2.24) is 10.5 Å². The standard InChI is InChI=1S/C13H14N2O4/c16-13(17)11-3-1-2-4-12(11)18-8-6-14-9-10-5-7-19-15-10/h1-5,7,14H,6,8-9H2,(H,16,17). The van der Waals surface area contributed by atoms with Gasteiger partial charge in [0.25, 0.3) is 0 Å². The van der Waals surface area contributed by atoms with Crippen LogP contribution in [-0.2, 0) is 6.54 Å². The Hall–Kier alpha value is -2.34. The number of carbonyl (C=O) groups is 1. The number of rotatable bonds is 7. The van der Waals surface area contributed by atoms with Crippen LogP contribution in [0.25, 0.3) is 0 Å². The zero-order chi connectivity index (χ0) is 13.5. The van der Waals surface area contributed by atoms with Crippen molar-refractivity contribution in [2.24, 2.45) is 0 Å². The smallest absolute Gasteiger partial charge is 0.339 e. The van der Waals surface area contributed by atoms with E-state index < -0.39 is 5.97 Å². The van der Waals surface area contributed by atoms with Crippen molar-refractivity contribution in [3.05, 3.63) is 47.9 Å². The average Bonchev–Trinajstić information content (AvgIpc) is 2.92. The summed E-state index contributed by atoms with van der Waals surface area (Å²) in [6.07, 6.45) is 1.51. The molecule has 0 fully saturated rings. The largest absolute Gasteiger partial charge is 0.491 e. The molecular weight excluding hydrogens is 248 g/mol. The van der Waals surface area contributed by atoms with Crippen LogP contribution in [0.15, 0.2) is 41.1 Å². The van der Waals surface area contributed by atoms with E-state index in [2.05, 4.69) is 10.5 Å². The van der Waals surface area contributed by atoms with Gasteiger partial charge in [-0.05, 0) is 12.1 Å². The van der Waals surface area contributed by atoms with E-state index in [-0.39, 0.29) is 5.56 Å². The number of aromatic nitrogens is 1. The summed E-state index contributed by atoms with van der Waals surface area (Å²) in [6, 6.07) is 8.33. The highest BCUT2D eigenvalue weighted by Crippen LogP contribution is 2.17. The maximum Gasteiger partial charge on any atom is 0.339 e. The molecule has 0 saturated carbocycles. The van der Waals surface area contributed by atoms with Crippen LogP contribution in [0.3, 0.4) is 0 Å². The molecule has 0 aliphatic heterocycles. The van der Waals surface area contributed by atoms with Crippen LogP contribution < -0.4 is 10.1 Å². The molecule has 1 aromatic heterocycles. The molecule has 0 spiro atoms. The fourth-order valence-corrected chi connectivity index (χ4v) is 1.55. The number of nitrogens with zero attached hydrogens (tertiary/aromatic N) is 1. The quantitative estimate of drug-likeness (QED) is 0.736. The lowest BCUT2D eigenvalue weighted by Gasteiger charge is -2.09. The van der Waals surface area contributed by atoms with Gasteiger partial charge in [-0.2, -0.15) is 0 Å². The first-order chi connectivity index (χ1) is 9.27. The molecule has 19 heavy (non-hydrogen) atoms. The van der Waals surface area contributed by atoms with Crippen LogP contribution in [0.1, 0.15) is 16.1 Å². The van der Waals surface area contributed by atoms with Crippen molar-refractivity contribution in [3.8, 4) is 5.75 Å². The van der Waals surface area contributed by atoms with E-state index in [9.17, 15) is 4.79 Å². The average molecular weight is 262 g/mol. The van der Waals surface area contributed by atoms with Crippen molar-refractivity contribution in [3.63, 3.8) is 0 Å². The molecule has 6 nitrogen and oxygen atoms in total. The van der Waals surface area contributed by atoms with Gasteiger partial charge in [0.2, 0.25) is 0 Å². The van der Waals surface area contributed by atoms with E-state index >= 15 is 0 Å². The molecule has 0 unspecified atom stereocenters. The van der Waals surface area contributed by atoms with Crippen LogP contribution in [-0.4, -0.2) is 29.4 Å². The Bertz CT molecular complexity index is 525. The first kappa shape index (κ1) is 13.1. The SMILES string of the molecule is O=C(O)c1ccccc1OCCNCc1ccon1. The predicted octanol–water partition coefficient (Wildman–Crippen LogP) is 1.54. The van der Waals surface area contributed by atoms with Crippen LogP contribution in [0, 0.1) is 0 Å². The summed E-state index contributed by atoms with van der Waals surface area (Å²) in [5, 5.41) is 15.8. The number of ether oxygens (including phenoxy) is 1. The van der Waals surface area contributed by atoms with Crippen LogP contribution in [0.4, 0.5) is 0 Å². The van der Waals surface area contributed by atoms with E-state index in [0.717, 1.165) is 5.69 Å². The highest BCUT2D eigenvalue weighted by atomic mass is 16.5. The van der Waals surface area contributed by atoms with Gasteiger partial charge < -0.3 is 19.7 Å². The highest BCUT2D eigenvalue weighted by Gasteiger charge is 2.09. The van der Waals surface area contributed by atoms with Crippen molar-refractivity contribution in [2.75, 3.05) is 13.2 Å². The molecule has 0 atom stereocenters. The molecule has 0 aliphatic carbocycles. The van der Waals surface area contributed by atoms with Gasteiger partial charge in [0, 0.05) is 19.2 Å². The number of hydrogen-bond acceptors (Lipinski definition) is 5. The Morgan fingerprint density at radius 2 is 2.21 bits per heavy atom. The molecular formula is C13H14N2O4. The van der Waals surface area contributed by atoms with Gasteiger partial charge in [0.05, 0.1) is 5.69 Å². The van der Waals surface area contributed by atoms with Gasteiger partial charge in [-0.1, -0.05) is 17.3 Å². The summed E-state index contributed by atoms with van der Waals surface area (Å²) in [5.74, 6) is -0.621. The lowest BCUT2D eigenvalue weighted by Crippen LogP contribution is -2.21. The third-order valence-corrected chi connectivity index (χ3v) is 2.45. The molecule has 0 saturated heterocycles. The van der Waals surface area contributed by atoms with Crippen LogP contribution >= 0.6 is 0 Å². The van der Waals surface area contributed by atoms with E-state index in [4.69, 9.17) is 14.4 Å². The molecule has 0 aliphatic rings. The molecule has 100 valence electrons. The lowest BCUT2D eigenvalue weighted by molar-refractivity contribution is 0.0692. The van der Waals surface area contributed by atoms with Crippen molar-refractivity contribution >= 4 is 5.97 Å². The van der Waals surface area contributed by atoms with E-state index in [1.807, 2.05) is 0 Å². The summed E-state index contributed by atoms with van der Waals surface area (Å²) < 4.78 is 10.1. The minimum Gasteiger partial charge on any atom is -0.491 e. The Kier molecular flexibility index (Phi) is 4.52. The molecule has 2 aromatic rings. The molecule has 1 heterocycles. The second-order valence-corrected chi connectivity index (χ2v) is 3.82. The Labute approximate surface area is 110 Å². The number of benzene rings is 1. The van der Waals surface area contributed by atoms with Crippen LogP contribution in [0.5, 0.6) is 5.75 Å². The fourth-order valence-electron chi connectivity index (χ4n) is 1.55. The zero-order valence-electron chi connectivity index (χ0n) is 10.2. The van der Waals surface area contributed by atoms with Crippen molar-refractivity contribution < 1.29 is 19.2 Å². The second-order valence-electron chi connectivity index (χ2n) is 3.82. The first-order valence-electron chi connectivity index (χ1n) is 5.82. The summed E-state index contributed by atoms with van der Waals surface area (Å²) in [7, 11) is 0. The third kappa shape index (κ3) is 3.82. The number of carboxylic acid groups (broad SMARTS) is 1. The summed E-state index contributed by atoms with van der Waals surface area (Å²) in [5.41, 5.74) is 0.977. The maximum atomic E-state index is 11.0. The van der Waals surface area contributed by atoms with Gasteiger partial charge in [0.1, 0.15) is 24.2 Å². The van der Waals surface area contributed by atoms with Gasteiger partial charge in [-0.3, -0.25) is 0 Å². The van der Waals surface area contributed by atoms with E-state index in [1.54, 1.807) is 24.3 Å². The fraction of sp³-hybridized carbons (Fsp3) is 0.231. The summed E-state index contributed by atoms with van der Waals surface area (Å²) >= 11 is 0. The molecule has 2 rings (SSSR count). The van der Waals surface area contributed by atoms with Gasteiger partial charge in [0.15, 0.2) is 0 Å². The molecule has 2 N–H and O–H groups in total. The lowest BCUT2D eigenvalue weighted by atomic mass is 10.2. The molecule has 1 aromatic carbocycles. The number of carboxylic acids is 1. The number of para-hydroxylation sites is 1. The van der Waals surface area contributed by atoms with E-state index in [0.29, 0.717) is 25.4 Å². The zero-order valence-corrected chi connectivity index (χ0v) is 10.2. The normalized spacial score (nSPS) is 10.3. The number of aromatic carboxylic acids is 1. The van der Waals surface area contributed by atoms with E-state index in [1.165, 1.54) is 12.3 Å². The third-order valence-electron chi connectivity index (χ3n) is 2.45. The van der Waals surface area contributed by atoms with Gasteiger partial charge >= 0.3 is 5.97 Å². The monoisotopic (exact) mass is 262 g/mol. The Balaban J connectivity index is 1.75. The minimum absolute atomic E-state index is 0.166. The topological polar surface area (TPSA) is 84.6 Å². The first-order valence-corrected chi connectivity index (χ1v) is 5.82. The Morgan fingerprint density at radius 3 is 2.95 bits per heavy atom. The van der Waals surface area contributed by atoms with Gasteiger partial charge in [-0.15, -0.1) is 0 Å². The molecule has 0 bridgehead atoms. The molecule has 0 amide bonds. The van der Waals surface area contributed by atoms with Crippen molar-refractivity contribution in [1.29, 1.82) is 0 Å². The highest BCUT2D eigenvalue weighted by molar-refractivity contribution is 5.90. The summed E-state index contributed by atoms with van der Waals surface area (Å²) in [4.78, 5) is 11.0. The Morgan fingerprint density at radius 1 is 1.37 bits per heavy atom.